The normalized spacial score (nSPS) is 10.3. The smallest absolute Gasteiger partial charge is 0.330 e. The number of esters is 3. The molecule has 0 bridgehead atoms. The molecule has 0 spiro atoms. The molecule has 0 heterocycles. The summed E-state index contributed by atoms with van der Waals surface area (Å²) in [5, 5.41) is 0. The highest BCUT2D eigenvalue weighted by Gasteiger charge is 2.14. The van der Waals surface area contributed by atoms with Gasteiger partial charge in [0.2, 0.25) is 0 Å². The first-order valence-corrected chi connectivity index (χ1v) is 15.0. The Morgan fingerprint density at radius 3 is 1.58 bits per heavy atom. The zero-order chi connectivity index (χ0) is 32.4. The average Bonchev–Trinajstić information content (AvgIpc) is 3.04. The predicted octanol–water partition coefficient (Wildman–Crippen LogP) is 8.45. The van der Waals surface area contributed by atoms with Crippen molar-refractivity contribution in [1.29, 1.82) is 0 Å². The van der Waals surface area contributed by atoms with Gasteiger partial charge in [0.1, 0.15) is 11.5 Å². The third-order valence-corrected chi connectivity index (χ3v) is 6.67. The molecule has 0 aromatic heterocycles. The minimum atomic E-state index is -0.443. The molecule has 0 radical (unpaired) electrons. The third-order valence-electron chi connectivity index (χ3n) is 6.67. The highest BCUT2D eigenvalue weighted by atomic mass is 16.5. The highest BCUT2D eigenvalue weighted by Crippen LogP contribution is 2.36. The van der Waals surface area contributed by atoms with Gasteiger partial charge in [-0.05, 0) is 99.7 Å². The molecule has 3 aromatic carbocycles. The van der Waals surface area contributed by atoms with Crippen molar-refractivity contribution in [3.8, 4) is 11.5 Å². The molecule has 236 valence electrons. The first kappa shape index (κ1) is 34.4. The van der Waals surface area contributed by atoms with Gasteiger partial charge < -0.3 is 23.8 Å². The molecule has 0 saturated heterocycles. The number of aryl methyl sites for hydroxylation is 1. The Morgan fingerprint density at radius 1 is 0.622 bits per heavy atom. The number of unbranched alkanes of at least 4 members (excludes halogenated alkanes) is 3. The maximum Gasteiger partial charge on any atom is 0.330 e. The van der Waals surface area contributed by atoms with Crippen LogP contribution in [0.5, 0.6) is 11.5 Å². The van der Waals surface area contributed by atoms with Crippen LogP contribution in [-0.2, 0) is 23.9 Å². The summed E-state index contributed by atoms with van der Waals surface area (Å²) in [4.78, 5) is 36.7. The van der Waals surface area contributed by atoms with E-state index in [9.17, 15) is 14.4 Å². The lowest BCUT2D eigenvalue weighted by Gasteiger charge is -2.26. The topological polar surface area (TPSA) is 91.4 Å². The van der Waals surface area contributed by atoms with Gasteiger partial charge in [-0.15, -0.1) is 0 Å². The molecule has 0 N–H and O–H groups in total. The van der Waals surface area contributed by atoms with E-state index in [2.05, 4.69) is 48.9 Å². The van der Waals surface area contributed by atoms with Gasteiger partial charge in [-0.1, -0.05) is 37.4 Å². The highest BCUT2D eigenvalue weighted by molar-refractivity contribution is 5.81. The van der Waals surface area contributed by atoms with E-state index >= 15 is 0 Å². The van der Waals surface area contributed by atoms with Gasteiger partial charge in [0.05, 0.1) is 19.0 Å². The van der Waals surface area contributed by atoms with Crippen molar-refractivity contribution in [3.05, 3.63) is 116 Å². The second-order valence-corrected chi connectivity index (χ2v) is 10.3. The van der Waals surface area contributed by atoms with E-state index in [1.165, 1.54) is 0 Å². The van der Waals surface area contributed by atoms with E-state index in [1.807, 2.05) is 43.3 Å². The van der Waals surface area contributed by atoms with Crippen LogP contribution in [0, 0.1) is 6.92 Å². The van der Waals surface area contributed by atoms with Crippen molar-refractivity contribution in [2.24, 2.45) is 0 Å². The van der Waals surface area contributed by atoms with Crippen LogP contribution in [0.1, 0.15) is 50.5 Å². The molecule has 3 rings (SSSR count). The SMILES string of the molecule is C=CC(=O)OCCCCCC(=O)Oc1ccc(N(c2ccc(C)cc2)c2ccc(OC(=C)CCCCOC(=O)C=C)cc2)cc1. The Labute approximate surface area is 265 Å². The molecule has 0 fully saturated rings. The van der Waals surface area contributed by atoms with Crippen LogP contribution in [0.25, 0.3) is 0 Å². The quantitative estimate of drug-likeness (QED) is 0.0438. The van der Waals surface area contributed by atoms with Crippen LogP contribution < -0.4 is 14.4 Å². The van der Waals surface area contributed by atoms with Crippen molar-refractivity contribution in [1.82, 2.24) is 0 Å². The number of benzene rings is 3. The summed E-state index contributed by atoms with van der Waals surface area (Å²) < 4.78 is 21.4. The number of anilines is 3. The molecule has 0 aliphatic carbocycles. The van der Waals surface area contributed by atoms with Crippen molar-refractivity contribution in [2.45, 2.75) is 51.9 Å². The lowest BCUT2D eigenvalue weighted by molar-refractivity contribution is -0.138. The Balaban J connectivity index is 1.59. The molecule has 0 aliphatic heterocycles. The van der Waals surface area contributed by atoms with Gasteiger partial charge in [0.25, 0.3) is 0 Å². The van der Waals surface area contributed by atoms with Crippen LogP contribution in [0.3, 0.4) is 0 Å². The fraction of sp³-hybridized carbons (Fsp3) is 0.270. The van der Waals surface area contributed by atoms with E-state index < -0.39 is 11.9 Å². The number of carbonyl (C=O) groups excluding carboxylic acids is 3. The van der Waals surface area contributed by atoms with Gasteiger partial charge >= 0.3 is 17.9 Å². The second-order valence-electron chi connectivity index (χ2n) is 10.3. The number of hydrogen-bond acceptors (Lipinski definition) is 8. The van der Waals surface area contributed by atoms with Gasteiger partial charge in [-0.3, -0.25) is 4.79 Å². The van der Waals surface area contributed by atoms with E-state index in [4.69, 9.17) is 18.9 Å². The Kier molecular flexibility index (Phi) is 14.2. The zero-order valence-corrected chi connectivity index (χ0v) is 25.9. The monoisotopic (exact) mass is 611 g/mol. The molecular formula is C37H41NO7. The maximum atomic E-state index is 12.4. The summed E-state index contributed by atoms with van der Waals surface area (Å²) in [7, 11) is 0. The molecule has 8 nitrogen and oxygen atoms in total. The fourth-order valence-corrected chi connectivity index (χ4v) is 4.30. The van der Waals surface area contributed by atoms with Gasteiger partial charge in [-0.25, -0.2) is 9.59 Å². The number of carbonyl (C=O) groups is 3. The summed E-state index contributed by atoms with van der Waals surface area (Å²) in [6, 6.07) is 23.4. The van der Waals surface area contributed by atoms with Crippen molar-refractivity contribution >= 4 is 35.0 Å². The summed E-state index contributed by atoms with van der Waals surface area (Å²) in [5.41, 5.74) is 3.94. The number of ether oxygens (including phenoxy) is 4. The molecule has 0 atom stereocenters. The van der Waals surface area contributed by atoms with E-state index in [0.29, 0.717) is 56.2 Å². The molecule has 0 amide bonds. The summed E-state index contributed by atoms with van der Waals surface area (Å²) in [5.74, 6) is 0.595. The predicted molar refractivity (Wildman–Crippen MR) is 176 cm³/mol. The van der Waals surface area contributed by atoms with E-state index in [1.54, 1.807) is 12.1 Å². The fourth-order valence-electron chi connectivity index (χ4n) is 4.30. The van der Waals surface area contributed by atoms with Crippen LogP contribution in [0.15, 0.2) is 110 Å². The lowest BCUT2D eigenvalue weighted by atomic mass is 10.1. The molecule has 8 heteroatoms. The van der Waals surface area contributed by atoms with Crippen LogP contribution in [-0.4, -0.2) is 31.1 Å². The summed E-state index contributed by atoms with van der Waals surface area (Å²) in [6.45, 7) is 13.4. The number of allylic oxidation sites excluding steroid dienone is 1. The number of hydrogen-bond donors (Lipinski definition) is 0. The van der Waals surface area contributed by atoms with Crippen LogP contribution in [0.2, 0.25) is 0 Å². The van der Waals surface area contributed by atoms with Gasteiger partial charge in [-0.2, -0.15) is 0 Å². The van der Waals surface area contributed by atoms with Crippen LogP contribution in [0.4, 0.5) is 17.1 Å². The molecule has 0 aliphatic rings. The largest absolute Gasteiger partial charge is 0.463 e. The molecular weight excluding hydrogens is 570 g/mol. The molecule has 3 aromatic rings. The Hall–Kier alpha value is -5.11. The Morgan fingerprint density at radius 2 is 1.07 bits per heavy atom. The minimum absolute atomic E-state index is 0.276. The standard InChI is InChI=1S/C37H41NO7/c1-5-35(39)42-26-10-7-8-13-37(41)45-34-24-20-32(21-25-34)38(30-16-14-28(3)15-17-30)31-18-22-33(23-19-31)44-29(4)12-9-11-27-43-36(40)6-2/h5-6,14-25H,1-2,4,7-13,26-27H2,3H3. The van der Waals surface area contributed by atoms with Gasteiger partial charge in [0.15, 0.2) is 0 Å². The van der Waals surface area contributed by atoms with E-state index in [0.717, 1.165) is 47.6 Å². The molecule has 0 unspecified atom stereocenters. The summed E-state index contributed by atoms with van der Waals surface area (Å²) >= 11 is 0. The third kappa shape index (κ3) is 12.2. The first-order valence-electron chi connectivity index (χ1n) is 15.0. The average molecular weight is 612 g/mol. The maximum absolute atomic E-state index is 12.4. The van der Waals surface area contributed by atoms with E-state index in [-0.39, 0.29) is 12.4 Å². The van der Waals surface area contributed by atoms with Crippen LogP contribution >= 0.6 is 0 Å². The van der Waals surface area contributed by atoms with Gasteiger partial charge in [0, 0.05) is 42.1 Å². The number of nitrogens with zero attached hydrogens (tertiary/aromatic N) is 1. The molecule has 0 saturated carbocycles. The zero-order valence-electron chi connectivity index (χ0n) is 25.9. The minimum Gasteiger partial charge on any atom is -0.463 e. The first-order chi connectivity index (χ1) is 21.8. The second kappa shape index (κ2) is 18.5. The summed E-state index contributed by atoms with van der Waals surface area (Å²) in [6.07, 6.45) is 6.76. The van der Waals surface area contributed by atoms with Crippen molar-refractivity contribution in [3.63, 3.8) is 0 Å². The van der Waals surface area contributed by atoms with Crippen molar-refractivity contribution in [2.75, 3.05) is 18.1 Å². The van der Waals surface area contributed by atoms with Crippen molar-refractivity contribution < 1.29 is 33.3 Å². The Bertz CT molecular complexity index is 1430. The molecule has 45 heavy (non-hydrogen) atoms. The lowest BCUT2D eigenvalue weighted by Crippen LogP contribution is -2.11. The number of rotatable bonds is 19.